The first-order valence-electron chi connectivity index (χ1n) is 15.1. The molecule has 2 saturated heterocycles. The Morgan fingerprint density at radius 1 is 0.980 bits per heavy atom. The van der Waals surface area contributed by atoms with Crippen LogP contribution in [0.4, 0.5) is 27.6 Å². The van der Waals surface area contributed by atoms with Crippen molar-refractivity contribution in [1.82, 2.24) is 4.90 Å². The quantitative estimate of drug-likeness (QED) is 0.0955. The Morgan fingerprint density at radius 2 is 1.62 bits per heavy atom. The van der Waals surface area contributed by atoms with Gasteiger partial charge in [-0.15, -0.1) is 23.2 Å². The minimum Gasteiger partial charge on any atom is -0.504 e. The number of allylic oxidation sites excluding steroid dienone is 3. The number of likely N-dealkylation sites (tertiary alicyclic amines) is 1. The number of hydrogen-bond acceptors (Lipinski definition) is 7. The standard InChI is InChI=1S/C33H25Cl2F5N2O8/c1-50-19-11-13(5-9-18(19)43)4-8-17-14-6-7-15-21(29(47)41(28(15)46)10-2-3-20(44)45)16(14)12-32(34)30(48)42(31(49)33(17,32)35)27-25(39)23(37)22(36)24(38)26(27)40/h4-6,8-9,11,15-17,21,43H,2-3,7,10,12H2,1H3,(H,44,45)/t15-,16+,17-,21-,32+,33-/m0/s1. The number of carbonyl (C=O) groups is 5. The number of rotatable bonds is 8. The van der Waals surface area contributed by atoms with Gasteiger partial charge in [-0.05, 0) is 42.9 Å². The molecule has 6 rings (SSSR count). The molecule has 6 atom stereocenters. The van der Waals surface area contributed by atoms with Gasteiger partial charge in [0.1, 0.15) is 5.69 Å². The van der Waals surface area contributed by atoms with Gasteiger partial charge >= 0.3 is 5.97 Å². The average Bonchev–Trinajstić information content (AvgIpc) is 3.40. The van der Waals surface area contributed by atoms with Crippen LogP contribution in [0.3, 0.4) is 0 Å². The number of benzene rings is 2. The monoisotopic (exact) mass is 742 g/mol. The third kappa shape index (κ3) is 4.91. The van der Waals surface area contributed by atoms with Gasteiger partial charge in [0.25, 0.3) is 11.8 Å². The number of halogens is 7. The minimum atomic E-state index is -2.68. The van der Waals surface area contributed by atoms with Gasteiger partial charge < -0.3 is 14.9 Å². The van der Waals surface area contributed by atoms with Crippen LogP contribution in [-0.2, 0) is 24.0 Å². The van der Waals surface area contributed by atoms with Crippen LogP contribution in [-0.4, -0.2) is 68.1 Å². The molecule has 3 fully saturated rings. The van der Waals surface area contributed by atoms with Crippen molar-refractivity contribution in [2.75, 3.05) is 18.6 Å². The number of phenolic OH excluding ortho intramolecular Hbond substituents is 1. The SMILES string of the molecule is COc1cc(C=C[C@H]2C3=CC[C@@H]4C(=O)N(CCCC(=O)O)C(=O)[C@@H]4[C@@H]3C[C@@]3(Cl)C(=O)N(c4c(F)c(F)c(F)c(F)c4F)C(=O)[C@@]23Cl)ccc1O. The maximum atomic E-state index is 15.1. The fourth-order valence-corrected chi connectivity index (χ4v) is 8.38. The Labute approximate surface area is 289 Å². The number of hydrogen-bond donors (Lipinski definition) is 2. The molecule has 2 heterocycles. The molecule has 264 valence electrons. The Morgan fingerprint density at radius 3 is 2.24 bits per heavy atom. The topological polar surface area (TPSA) is 142 Å². The maximum Gasteiger partial charge on any atom is 0.303 e. The molecule has 2 aromatic rings. The number of carboxylic acid groups (broad SMARTS) is 1. The predicted molar refractivity (Wildman–Crippen MR) is 164 cm³/mol. The molecule has 17 heteroatoms. The third-order valence-electron chi connectivity index (χ3n) is 9.83. The number of anilines is 1. The number of ether oxygens (including phenoxy) is 1. The smallest absolute Gasteiger partial charge is 0.303 e. The summed E-state index contributed by atoms with van der Waals surface area (Å²) >= 11 is 14.0. The second-order valence-corrected chi connectivity index (χ2v) is 13.6. The lowest BCUT2D eigenvalue weighted by atomic mass is 9.57. The fraction of sp³-hybridized carbons (Fsp3) is 0.364. The molecular formula is C33H25Cl2F5N2O8. The van der Waals surface area contributed by atoms with Crippen LogP contribution in [0.1, 0.15) is 31.2 Å². The van der Waals surface area contributed by atoms with Gasteiger partial charge in [0.15, 0.2) is 44.5 Å². The predicted octanol–water partition coefficient (Wildman–Crippen LogP) is 5.07. The molecule has 0 unspecified atom stereocenters. The highest BCUT2D eigenvalue weighted by atomic mass is 35.5. The van der Waals surface area contributed by atoms with E-state index in [0.717, 1.165) is 4.90 Å². The van der Waals surface area contributed by atoms with E-state index in [1.807, 2.05) is 0 Å². The van der Waals surface area contributed by atoms with Gasteiger partial charge in [-0.1, -0.05) is 29.9 Å². The highest BCUT2D eigenvalue weighted by Gasteiger charge is 2.76. The average molecular weight is 743 g/mol. The van der Waals surface area contributed by atoms with Crippen molar-refractivity contribution in [3.05, 3.63) is 70.6 Å². The van der Waals surface area contributed by atoms with Crippen LogP contribution >= 0.6 is 23.2 Å². The molecule has 2 aliphatic heterocycles. The largest absolute Gasteiger partial charge is 0.504 e. The van der Waals surface area contributed by atoms with Crippen molar-refractivity contribution in [1.29, 1.82) is 0 Å². The fourth-order valence-electron chi connectivity index (χ4n) is 7.49. The number of nitrogens with zero attached hydrogens (tertiary/aromatic N) is 2. The van der Waals surface area contributed by atoms with Crippen molar-refractivity contribution >= 4 is 64.6 Å². The Hall–Kier alpha value is -4.50. The number of alkyl halides is 2. The lowest BCUT2D eigenvalue weighted by Crippen LogP contribution is -2.60. The molecular weight excluding hydrogens is 718 g/mol. The molecule has 2 aromatic carbocycles. The highest BCUT2D eigenvalue weighted by molar-refractivity contribution is 6.58. The van der Waals surface area contributed by atoms with Gasteiger partial charge in [-0.3, -0.25) is 28.9 Å². The Bertz CT molecular complexity index is 1930. The molecule has 50 heavy (non-hydrogen) atoms. The van der Waals surface area contributed by atoms with Crippen molar-refractivity contribution in [2.24, 2.45) is 23.7 Å². The number of fused-ring (bicyclic) bond motifs is 4. The van der Waals surface area contributed by atoms with Crippen LogP contribution in [0.2, 0.25) is 0 Å². The number of aromatic hydroxyl groups is 1. The summed E-state index contributed by atoms with van der Waals surface area (Å²) in [6.07, 6.45) is 3.13. The normalized spacial score (nSPS) is 29.0. The Balaban J connectivity index is 1.50. The molecule has 2 aliphatic carbocycles. The number of aliphatic carboxylic acids is 1. The third-order valence-corrected chi connectivity index (χ3v) is 11.3. The number of carbonyl (C=O) groups excluding carboxylic acids is 4. The molecule has 0 radical (unpaired) electrons. The van der Waals surface area contributed by atoms with E-state index in [0.29, 0.717) is 5.56 Å². The van der Waals surface area contributed by atoms with Crippen molar-refractivity contribution < 1.29 is 60.9 Å². The van der Waals surface area contributed by atoms with Gasteiger partial charge in [0, 0.05) is 18.9 Å². The van der Waals surface area contributed by atoms with E-state index in [1.165, 1.54) is 43.5 Å². The zero-order chi connectivity index (χ0) is 36.6. The van der Waals surface area contributed by atoms with E-state index in [4.69, 9.17) is 33.0 Å². The maximum absolute atomic E-state index is 15.1. The van der Waals surface area contributed by atoms with Crippen molar-refractivity contribution in [3.63, 3.8) is 0 Å². The first kappa shape index (κ1) is 35.3. The van der Waals surface area contributed by atoms with Crippen molar-refractivity contribution in [3.8, 4) is 11.5 Å². The van der Waals surface area contributed by atoms with Crippen LogP contribution in [0.5, 0.6) is 11.5 Å². The summed E-state index contributed by atoms with van der Waals surface area (Å²) in [4.78, 5) is 61.9. The van der Waals surface area contributed by atoms with E-state index >= 15 is 8.78 Å². The summed E-state index contributed by atoms with van der Waals surface area (Å²) in [7, 11) is 1.29. The lowest BCUT2D eigenvalue weighted by Gasteiger charge is -2.49. The van der Waals surface area contributed by atoms with Crippen LogP contribution in [0.15, 0.2) is 35.9 Å². The second kappa shape index (κ2) is 12.4. The van der Waals surface area contributed by atoms with Gasteiger partial charge in [-0.25, -0.2) is 26.9 Å². The van der Waals surface area contributed by atoms with E-state index in [1.54, 1.807) is 0 Å². The summed E-state index contributed by atoms with van der Waals surface area (Å²) in [5.41, 5.74) is -1.29. The minimum absolute atomic E-state index is 0.0448. The Kier molecular flexibility index (Phi) is 8.74. The molecule has 0 spiro atoms. The summed E-state index contributed by atoms with van der Waals surface area (Å²) in [6, 6.07) is 4.11. The van der Waals surface area contributed by atoms with Gasteiger partial charge in [0.05, 0.1) is 18.9 Å². The molecule has 0 bridgehead atoms. The number of carboxylic acids is 1. The summed E-state index contributed by atoms with van der Waals surface area (Å²) in [5.74, 6) is -23.0. The molecule has 4 aliphatic rings. The van der Waals surface area contributed by atoms with Crippen LogP contribution in [0, 0.1) is 52.8 Å². The number of imide groups is 2. The summed E-state index contributed by atoms with van der Waals surface area (Å²) in [6.45, 7) is -0.220. The number of phenols is 1. The first-order valence-corrected chi connectivity index (χ1v) is 15.9. The zero-order valence-electron chi connectivity index (χ0n) is 25.7. The molecule has 10 nitrogen and oxygen atoms in total. The van der Waals surface area contributed by atoms with Gasteiger partial charge in [0.2, 0.25) is 17.6 Å². The summed E-state index contributed by atoms with van der Waals surface area (Å²) in [5, 5.41) is 19.1. The number of amides is 4. The van der Waals surface area contributed by atoms with Crippen molar-refractivity contribution in [2.45, 2.75) is 35.4 Å². The van der Waals surface area contributed by atoms with E-state index in [2.05, 4.69) is 0 Å². The van der Waals surface area contributed by atoms with E-state index in [-0.39, 0.29) is 47.8 Å². The van der Waals surface area contributed by atoms with E-state index < -0.39 is 104 Å². The number of methoxy groups -OCH3 is 1. The first-order chi connectivity index (χ1) is 23.5. The van der Waals surface area contributed by atoms with Crippen LogP contribution < -0.4 is 9.64 Å². The molecule has 1 saturated carbocycles. The van der Waals surface area contributed by atoms with Gasteiger partial charge in [-0.2, -0.15) is 0 Å². The summed E-state index contributed by atoms with van der Waals surface area (Å²) < 4.78 is 78.0. The zero-order valence-corrected chi connectivity index (χ0v) is 27.2. The van der Waals surface area contributed by atoms with E-state index in [9.17, 15) is 42.3 Å². The lowest BCUT2D eigenvalue weighted by molar-refractivity contribution is -0.142. The molecule has 0 aromatic heterocycles. The molecule has 2 N–H and O–H groups in total. The second-order valence-electron chi connectivity index (χ2n) is 12.4. The highest BCUT2D eigenvalue weighted by Crippen LogP contribution is 2.64. The van der Waals surface area contributed by atoms with Crippen LogP contribution in [0.25, 0.3) is 6.08 Å². The molecule has 4 amide bonds.